The Kier molecular flexibility index (Phi) is 7.83. The van der Waals surface area contributed by atoms with Crippen molar-refractivity contribution < 1.29 is 23.5 Å². The third-order valence-corrected chi connectivity index (χ3v) is 7.85. The third kappa shape index (κ3) is 5.55. The fourth-order valence-corrected chi connectivity index (χ4v) is 5.75. The molecule has 0 N–H and O–H groups in total. The summed E-state index contributed by atoms with van der Waals surface area (Å²) in [6.45, 7) is 7.61. The Morgan fingerprint density at radius 3 is 2.25 bits per heavy atom. The molecule has 7 nitrogen and oxygen atoms in total. The Labute approximate surface area is 232 Å². The predicted octanol–water partition coefficient (Wildman–Crippen LogP) is 6.44. The van der Waals surface area contributed by atoms with E-state index in [0.717, 1.165) is 49.3 Å². The van der Waals surface area contributed by atoms with Crippen LogP contribution in [-0.2, 0) is 20.9 Å². The average molecular weight is 542 g/mol. The summed E-state index contributed by atoms with van der Waals surface area (Å²) in [7, 11) is 0. The van der Waals surface area contributed by atoms with E-state index in [4.69, 9.17) is 14.3 Å². The smallest absolute Gasteiger partial charge is 0.415 e. The number of piperidine rings is 1. The normalized spacial score (nSPS) is 16.6. The zero-order valence-corrected chi connectivity index (χ0v) is 22.7. The molecule has 1 spiro atoms. The predicted molar refractivity (Wildman–Crippen MR) is 150 cm³/mol. The van der Waals surface area contributed by atoms with Crippen molar-refractivity contribution in [1.82, 2.24) is 9.47 Å². The number of amides is 1. The van der Waals surface area contributed by atoms with Gasteiger partial charge in [0.2, 0.25) is 0 Å². The molecule has 0 bridgehead atoms. The number of para-hydroxylation sites is 1. The standard InChI is InChI=1S/C31H32FN3O2.CO2/c1-22(2)34-20-25(28-18-24(10-13-29(28)34)23-8-11-26(32)12-9-23)19-33-16-14-31(15-17-33)21-35(30(36)37-31)27-6-4-3-5-7-27;2-1-3/h3-13,18,20,22H,14-17,19,21H2,1-2H3;. The van der Waals surface area contributed by atoms with Gasteiger partial charge in [-0.25, -0.2) is 9.18 Å². The van der Waals surface area contributed by atoms with Gasteiger partial charge >= 0.3 is 12.2 Å². The van der Waals surface area contributed by atoms with Crippen LogP contribution in [-0.4, -0.2) is 46.9 Å². The summed E-state index contributed by atoms with van der Waals surface area (Å²) in [6.07, 6.45) is 3.94. The van der Waals surface area contributed by atoms with Crippen molar-refractivity contribution in [2.45, 2.75) is 44.9 Å². The van der Waals surface area contributed by atoms with Gasteiger partial charge in [0, 0.05) is 61.3 Å². The molecule has 2 saturated heterocycles. The summed E-state index contributed by atoms with van der Waals surface area (Å²) in [5, 5.41) is 1.23. The van der Waals surface area contributed by atoms with Gasteiger partial charge in [-0.2, -0.15) is 9.59 Å². The van der Waals surface area contributed by atoms with Crippen LogP contribution in [0.3, 0.4) is 0 Å². The largest absolute Gasteiger partial charge is 0.441 e. The summed E-state index contributed by atoms with van der Waals surface area (Å²) in [5.41, 5.74) is 5.09. The molecule has 0 radical (unpaired) electrons. The number of hydrogen-bond acceptors (Lipinski definition) is 5. The summed E-state index contributed by atoms with van der Waals surface area (Å²) in [5.74, 6) is -0.223. The Morgan fingerprint density at radius 2 is 1.60 bits per heavy atom. The topological polar surface area (TPSA) is 71.8 Å². The van der Waals surface area contributed by atoms with E-state index in [2.05, 4.69) is 47.7 Å². The first kappa shape index (κ1) is 27.3. The van der Waals surface area contributed by atoms with Gasteiger partial charge in [-0.3, -0.25) is 9.80 Å². The van der Waals surface area contributed by atoms with E-state index in [-0.39, 0.29) is 18.1 Å². The highest BCUT2D eigenvalue weighted by Gasteiger charge is 2.47. The van der Waals surface area contributed by atoms with Crippen molar-refractivity contribution in [2.75, 3.05) is 24.5 Å². The highest BCUT2D eigenvalue weighted by molar-refractivity contribution is 5.90. The van der Waals surface area contributed by atoms with Gasteiger partial charge in [0.05, 0.1) is 6.54 Å². The monoisotopic (exact) mass is 541 g/mol. The number of carbonyl (C=O) groups excluding carboxylic acids is 3. The van der Waals surface area contributed by atoms with E-state index in [9.17, 15) is 9.18 Å². The number of carbonyl (C=O) groups is 1. The van der Waals surface area contributed by atoms with Crippen LogP contribution in [0.1, 0.15) is 38.3 Å². The number of ether oxygens (including phenoxy) is 1. The van der Waals surface area contributed by atoms with Gasteiger partial charge in [-0.1, -0.05) is 36.4 Å². The number of benzene rings is 3. The van der Waals surface area contributed by atoms with Crippen LogP contribution in [0.15, 0.2) is 79.0 Å². The van der Waals surface area contributed by atoms with E-state index >= 15 is 0 Å². The number of nitrogens with zero attached hydrogens (tertiary/aromatic N) is 3. The lowest BCUT2D eigenvalue weighted by Gasteiger charge is -2.37. The number of likely N-dealkylation sites (tertiary alicyclic amines) is 1. The van der Waals surface area contributed by atoms with Crippen LogP contribution in [0.4, 0.5) is 14.9 Å². The van der Waals surface area contributed by atoms with Crippen molar-refractivity contribution in [1.29, 1.82) is 0 Å². The Bertz CT molecular complexity index is 1520. The molecule has 0 saturated carbocycles. The molecule has 0 unspecified atom stereocenters. The van der Waals surface area contributed by atoms with Crippen LogP contribution in [0.5, 0.6) is 0 Å². The maximum Gasteiger partial charge on any atom is 0.415 e. The quantitative estimate of drug-likeness (QED) is 0.291. The molecule has 206 valence electrons. The molecule has 8 heteroatoms. The SMILES string of the molecule is CC(C)n1cc(CN2CCC3(CC2)CN(c2ccccc2)C(=O)O3)c2cc(-c3ccc(F)cc3)ccc21.O=C=O. The van der Waals surface area contributed by atoms with Crippen molar-refractivity contribution in [2.24, 2.45) is 0 Å². The van der Waals surface area contributed by atoms with Crippen molar-refractivity contribution >= 4 is 28.8 Å². The van der Waals surface area contributed by atoms with E-state index in [1.165, 1.54) is 28.6 Å². The van der Waals surface area contributed by atoms with Gasteiger partial charge in [0.25, 0.3) is 0 Å². The molecule has 1 amide bonds. The number of halogens is 1. The summed E-state index contributed by atoms with van der Waals surface area (Å²) >= 11 is 0. The summed E-state index contributed by atoms with van der Waals surface area (Å²) in [4.78, 5) is 33.2. The molecule has 1 aromatic heterocycles. The van der Waals surface area contributed by atoms with E-state index in [1.54, 1.807) is 4.90 Å². The first-order valence-electron chi connectivity index (χ1n) is 13.5. The summed E-state index contributed by atoms with van der Waals surface area (Å²) < 4.78 is 21.8. The molecule has 40 heavy (non-hydrogen) atoms. The molecule has 4 aromatic rings. The Hall–Kier alpha value is -4.26. The average Bonchev–Trinajstić information content (AvgIpc) is 3.48. The molecule has 6 rings (SSSR count). The van der Waals surface area contributed by atoms with Gasteiger partial charge < -0.3 is 9.30 Å². The highest BCUT2D eigenvalue weighted by atomic mass is 19.1. The lowest BCUT2D eigenvalue weighted by Crippen LogP contribution is -2.46. The minimum absolute atomic E-state index is 0.223. The second kappa shape index (κ2) is 11.5. The first-order valence-corrected chi connectivity index (χ1v) is 13.5. The number of rotatable bonds is 5. The van der Waals surface area contributed by atoms with Crippen LogP contribution in [0.25, 0.3) is 22.0 Å². The molecule has 2 fully saturated rings. The number of hydrogen-bond donors (Lipinski definition) is 0. The van der Waals surface area contributed by atoms with Gasteiger partial charge in [0.1, 0.15) is 11.4 Å². The Balaban J connectivity index is 0.00000103. The van der Waals surface area contributed by atoms with Crippen LogP contribution in [0, 0.1) is 5.82 Å². The first-order chi connectivity index (χ1) is 19.3. The summed E-state index contributed by atoms with van der Waals surface area (Å²) in [6, 6.07) is 23.3. The lowest BCUT2D eigenvalue weighted by molar-refractivity contribution is -0.191. The lowest BCUT2D eigenvalue weighted by atomic mass is 9.91. The maximum absolute atomic E-state index is 13.5. The zero-order chi connectivity index (χ0) is 28.3. The third-order valence-electron chi connectivity index (χ3n) is 7.85. The minimum Gasteiger partial charge on any atom is -0.441 e. The number of anilines is 1. The Morgan fingerprint density at radius 1 is 0.950 bits per heavy atom. The highest BCUT2D eigenvalue weighted by Crippen LogP contribution is 2.37. The molecular formula is C32H32FN3O4. The molecule has 2 aliphatic heterocycles. The van der Waals surface area contributed by atoms with E-state index in [0.29, 0.717) is 12.6 Å². The van der Waals surface area contributed by atoms with Crippen LogP contribution < -0.4 is 4.90 Å². The van der Waals surface area contributed by atoms with Gasteiger partial charge in [0.15, 0.2) is 0 Å². The zero-order valence-electron chi connectivity index (χ0n) is 22.7. The van der Waals surface area contributed by atoms with Crippen LogP contribution >= 0.6 is 0 Å². The second-order valence-corrected chi connectivity index (χ2v) is 10.7. The second-order valence-electron chi connectivity index (χ2n) is 10.7. The molecule has 0 atom stereocenters. The minimum atomic E-state index is -0.412. The van der Waals surface area contributed by atoms with Crippen molar-refractivity contribution in [3.8, 4) is 11.1 Å². The molecule has 0 aliphatic carbocycles. The maximum atomic E-state index is 13.5. The fourth-order valence-electron chi connectivity index (χ4n) is 5.75. The fraction of sp³-hybridized carbons (Fsp3) is 0.312. The molecular weight excluding hydrogens is 509 g/mol. The van der Waals surface area contributed by atoms with E-state index < -0.39 is 5.60 Å². The van der Waals surface area contributed by atoms with E-state index in [1.807, 2.05) is 42.5 Å². The van der Waals surface area contributed by atoms with Crippen molar-refractivity contribution in [3.63, 3.8) is 0 Å². The molecule has 3 heterocycles. The molecule has 2 aliphatic rings. The number of fused-ring (bicyclic) bond motifs is 1. The van der Waals surface area contributed by atoms with Gasteiger partial charge in [-0.05, 0) is 66.9 Å². The van der Waals surface area contributed by atoms with Crippen molar-refractivity contribution in [3.05, 3.63) is 90.4 Å². The molecule has 3 aromatic carbocycles. The number of aromatic nitrogens is 1. The van der Waals surface area contributed by atoms with Crippen LogP contribution in [0.2, 0.25) is 0 Å². The van der Waals surface area contributed by atoms with Gasteiger partial charge in [-0.15, -0.1) is 0 Å².